The molecule has 2 rings (SSSR count). The molecule has 0 radical (unpaired) electrons. The van der Waals surface area contributed by atoms with Gasteiger partial charge in [-0.1, -0.05) is 19.0 Å². The summed E-state index contributed by atoms with van der Waals surface area (Å²) in [6.45, 7) is 8.41. The molecule has 0 amide bonds. The van der Waals surface area contributed by atoms with Crippen molar-refractivity contribution in [3.8, 4) is 0 Å². The largest absolute Gasteiger partial charge is 0.385 e. The van der Waals surface area contributed by atoms with E-state index in [2.05, 4.69) is 40.3 Å². The maximum Gasteiger partial charge on any atom is 0.194 e. The van der Waals surface area contributed by atoms with Crippen LogP contribution in [0.2, 0.25) is 0 Å². The van der Waals surface area contributed by atoms with E-state index in [1.807, 2.05) is 7.05 Å². The van der Waals surface area contributed by atoms with Crippen molar-refractivity contribution in [2.45, 2.75) is 64.5 Å². The number of methoxy groups -OCH3 is 1. The lowest BCUT2D eigenvalue weighted by Crippen LogP contribution is -2.46. The minimum Gasteiger partial charge on any atom is -0.385 e. The molecule has 0 saturated carbocycles. The molecule has 1 aliphatic rings. The van der Waals surface area contributed by atoms with E-state index >= 15 is 0 Å². The fourth-order valence-electron chi connectivity index (χ4n) is 3.50. The Labute approximate surface area is 186 Å². The van der Waals surface area contributed by atoms with Crippen LogP contribution in [0.1, 0.15) is 63.3 Å². The molecular formula is C20H37IN4O3. The Morgan fingerprint density at radius 1 is 1.32 bits per heavy atom. The molecule has 2 heterocycles. The van der Waals surface area contributed by atoms with Gasteiger partial charge in [0.1, 0.15) is 0 Å². The van der Waals surface area contributed by atoms with Crippen LogP contribution < -0.4 is 5.32 Å². The number of piperidine rings is 1. The molecule has 1 N–H and O–H groups in total. The molecule has 1 aliphatic heterocycles. The van der Waals surface area contributed by atoms with Gasteiger partial charge in [-0.15, -0.1) is 24.0 Å². The van der Waals surface area contributed by atoms with Gasteiger partial charge in [0.2, 0.25) is 0 Å². The number of halogens is 1. The summed E-state index contributed by atoms with van der Waals surface area (Å²) >= 11 is 0. The Kier molecular flexibility index (Phi) is 12.7. The average Bonchev–Trinajstić information content (AvgIpc) is 3.16. The van der Waals surface area contributed by atoms with Crippen LogP contribution in [0.3, 0.4) is 0 Å². The van der Waals surface area contributed by atoms with Crippen molar-refractivity contribution >= 4 is 29.9 Å². The van der Waals surface area contributed by atoms with Crippen LogP contribution in [0.25, 0.3) is 0 Å². The van der Waals surface area contributed by atoms with E-state index in [9.17, 15) is 0 Å². The highest BCUT2D eigenvalue weighted by Gasteiger charge is 2.22. The van der Waals surface area contributed by atoms with Gasteiger partial charge in [0.25, 0.3) is 0 Å². The van der Waals surface area contributed by atoms with Crippen molar-refractivity contribution in [2.24, 2.45) is 4.99 Å². The maximum absolute atomic E-state index is 5.93. The Balaban J connectivity index is 0.00000392. The number of hydrogen-bond acceptors (Lipinski definition) is 5. The molecule has 1 aromatic rings. The molecular weight excluding hydrogens is 471 g/mol. The molecule has 0 aromatic carbocycles. The van der Waals surface area contributed by atoms with Crippen molar-refractivity contribution in [2.75, 3.05) is 40.5 Å². The molecule has 28 heavy (non-hydrogen) atoms. The van der Waals surface area contributed by atoms with E-state index in [1.165, 1.54) is 0 Å². The number of nitrogens with one attached hydrogen (secondary N) is 1. The van der Waals surface area contributed by atoms with Crippen LogP contribution in [-0.4, -0.2) is 62.6 Å². The summed E-state index contributed by atoms with van der Waals surface area (Å²) in [5, 5.41) is 7.64. The molecule has 0 bridgehead atoms. The SMILES string of the molecule is CCC(CC)c1cc(CNC(=NC)N2CCC(OCCCOC)CC2)on1.I. The van der Waals surface area contributed by atoms with E-state index in [0.29, 0.717) is 18.6 Å². The second-order valence-corrected chi connectivity index (χ2v) is 7.04. The summed E-state index contributed by atoms with van der Waals surface area (Å²) in [5.41, 5.74) is 1.05. The van der Waals surface area contributed by atoms with Crippen molar-refractivity contribution in [3.63, 3.8) is 0 Å². The first-order valence-corrected chi connectivity index (χ1v) is 10.2. The summed E-state index contributed by atoms with van der Waals surface area (Å²) < 4.78 is 16.5. The molecule has 8 heteroatoms. The highest BCUT2D eigenvalue weighted by molar-refractivity contribution is 14.0. The zero-order valence-corrected chi connectivity index (χ0v) is 20.1. The first-order valence-electron chi connectivity index (χ1n) is 10.2. The van der Waals surface area contributed by atoms with Crippen molar-refractivity contribution in [3.05, 3.63) is 17.5 Å². The van der Waals surface area contributed by atoms with E-state index in [0.717, 1.165) is 75.8 Å². The normalized spacial score (nSPS) is 15.8. The Bertz CT molecular complexity index is 555. The Morgan fingerprint density at radius 3 is 2.64 bits per heavy atom. The van der Waals surface area contributed by atoms with Crippen LogP contribution >= 0.6 is 24.0 Å². The van der Waals surface area contributed by atoms with Crippen LogP contribution in [0, 0.1) is 0 Å². The predicted molar refractivity (Wildman–Crippen MR) is 122 cm³/mol. The second-order valence-electron chi connectivity index (χ2n) is 7.04. The number of hydrogen-bond donors (Lipinski definition) is 1. The predicted octanol–water partition coefficient (Wildman–Crippen LogP) is 3.79. The number of likely N-dealkylation sites (tertiary alicyclic amines) is 1. The third kappa shape index (κ3) is 7.87. The number of aliphatic imine (C=N–C) groups is 1. The lowest BCUT2D eigenvalue weighted by molar-refractivity contribution is 0.00988. The third-order valence-corrected chi connectivity index (χ3v) is 5.20. The molecule has 0 atom stereocenters. The second kappa shape index (κ2) is 14.2. The summed E-state index contributed by atoms with van der Waals surface area (Å²) in [6, 6.07) is 2.07. The fraction of sp³-hybridized carbons (Fsp3) is 0.800. The van der Waals surface area contributed by atoms with Crippen LogP contribution in [0.4, 0.5) is 0 Å². The quantitative estimate of drug-likeness (QED) is 0.225. The van der Waals surface area contributed by atoms with Crippen LogP contribution in [-0.2, 0) is 16.0 Å². The smallest absolute Gasteiger partial charge is 0.194 e. The number of ether oxygens (including phenoxy) is 2. The molecule has 1 fully saturated rings. The van der Waals surface area contributed by atoms with Crippen molar-refractivity contribution in [1.82, 2.24) is 15.4 Å². The number of nitrogens with zero attached hydrogens (tertiary/aromatic N) is 3. The zero-order chi connectivity index (χ0) is 19.5. The number of guanidine groups is 1. The summed E-state index contributed by atoms with van der Waals surface area (Å²) in [6.07, 6.45) is 5.51. The van der Waals surface area contributed by atoms with Gasteiger partial charge in [0.05, 0.1) is 18.3 Å². The Hall–Kier alpha value is -0.870. The van der Waals surface area contributed by atoms with E-state index in [4.69, 9.17) is 14.0 Å². The lowest BCUT2D eigenvalue weighted by atomic mass is 9.99. The van der Waals surface area contributed by atoms with Crippen molar-refractivity contribution < 1.29 is 14.0 Å². The van der Waals surface area contributed by atoms with Gasteiger partial charge in [0.15, 0.2) is 11.7 Å². The molecule has 0 unspecified atom stereocenters. The summed E-state index contributed by atoms with van der Waals surface area (Å²) in [7, 11) is 3.55. The standard InChI is InChI=1S/C20H36N4O3.HI/c1-5-16(6-2)19-14-18(27-23-19)15-22-20(21-3)24-10-8-17(9-11-24)26-13-7-12-25-4;/h14,16-17H,5-13,15H2,1-4H3,(H,21,22);1H. The number of rotatable bonds is 10. The van der Waals surface area contributed by atoms with Gasteiger partial charge in [0, 0.05) is 52.4 Å². The van der Waals surface area contributed by atoms with Gasteiger partial charge in [-0.3, -0.25) is 4.99 Å². The third-order valence-electron chi connectivity index (χ3n) is 5.20. The average molecular weight is 508 g/mol. The molecule has 1 aromatic heterocycles. The van der Waals surface area contributed by atoms with Crippen LogP contribution in [0.5, 0.6) is 0 Å². The van der Waals surface area contributed by atoms with Gasteiger partial charge in [-0.05, 0) is 32.1 Å². The van der Waals surface area contributed by atoms with Gasteiger partial charge in [-0.2, -0.15) is 0 Å². The van der Waals surface area contributed by atoms with Gasteiger partial charge >= 0.3 is 0 Å². The first-order chi connectivity index (χ1) is 13.2. The first kappa shape index (κ1) is 25.2. The fourth-order valence-corrected chi connectivity index (χ4v) is 3.50. The Morgan fingerprint density at radius 2 is 2.04 bits per heavy atom. The van der Waals surface area contributed by atoms with E-state index in [1.54, 1.807) is 7.11 Å². The van der Waals surface area contributed by atoms with Crippen molar-refractivity contribution in [1.29, 1.82) is 0 Å². The van der Waals surface area contributed by atoms with E-state index in [-0.39, 0.29) is 24.0 Å². The molecule has 0 spiro atoms. The lowest BCUT2D eigenvalue weighted by Gasteiger charge is -2.34. The van der Waals surface area contributed by atoms with E-state index < -0.39 is 0 Å². The minimum absolute atomic E-state index is 0. The molecule has 0 aliphatic carbocycles. The summed E-state index contributed by atoms with van der Waals surface area (Å²) in [4.78, 5) is 6.71. The van der Waals surface area contributed by atoms with Gasteiger partial charge in [-0.25, -0.2) is 0 Å². The minimum atomic E-state index is 0. The number of aromatic nitrogens is 1. The molecule has 162 valence electrons. The maximum atomic E-state index is 5.93. The highest BCUT2D eigenvalue weighted by Crippen LogP contribution is 2.22. The topological polar surface area (TPSA) is 72.1 Å². The molecule has 7 nitrogen and oxygen atoms in total. The monoisotopic (exact) mass is 508 g/mol. The summed E-state index contributed by atoms with van der Waals surface area (Å²) in [5.74, 6) is 2.24. The highest BCUT2D eigenvalue weighted by atomic mass is 127. The van der Waals surface area contributed by atoms with Gasteiger partial charge < -0.3 is 24.2 Å². The zero-order valence-electron chi connectivity index (χ0n) is 17.8. The molecule has 1 saturated heterocycles. The van der Waals surface area contributed by atoms with Crippen LogP contribution in [0.15, 0.2) is 15.6 Å².